The second-order valence-corrected chi connectivity index (χ2v) is 4.71. The van der Waals surface area contributed by atoms with Gasteiger partial charge in [-0.1, -0.05) is 12.1 Å². The third-order valence-electron chi connectivity index (χ3n) is 2.65. The molecule has 0 unspecified atom stereocenters. The van der Waals surface area contributed by atoms with Crippen LogP contribution in [0.15, 0.2) is 24.3 Å². The van der Waals surface area contributed by atoms with Crippen molar-refractivity contribution in [2.24, 2.45) is 0 Å². The number of carboxylic acids is 1. The fourth-order valence-electron chi connectivity index (χ4n) is 1.70. The van der Waals surface area contributed by atoms with Crippen LogP contribution in [0.5, 0.6) is 0 Å². The summed E-state index contributed by atoms with van der Waals surface area (Å²) in [6.45, 7) is 0.485. The zero-order chi connectivity index (χ0) is 13.6. The minimum absolute atomic E-state index is 0.0514. The van der Waals surface area contributed by atoms with Gasteiger partial charge in [0.25, 0.3) is 0 Å². The molecule has 0 aromatic heterocycles. The Morgan fingerprint density at radius 2 is 1.67 bits per heavy atom. The highest BCUT2D eigenvalue weighted by Gasteiger charge is 2.19. The van der Waals surface area contributed by atoms with Gasteiger partial charge < -0.3 is 15.0 Å². The van der Waals surface area contributed by atoms with Crippen LogP contribution in [0.3, 0.4) is 0 Å². The van der Waals surface area contributed by atoms with E-state index in [-0.39, 0.29) is 31.3 Å². The van der Waals surface area contributed by atoms with Gasteiger partial charge in [0.1, 0.15) is 5.69 Å². The molecule has 1 aromatic carbocycles. The van der Waals surface area contributed by atoms with Crippen LogP contribution in [-0.2, 0) is 11.2 Å². The molecule has 0 bridgehead atoms. The van der Waals surface area contributed by atoms with Crippen molar-refractivity contribution in [3.05, 3.63) is 35.0 Å². The third-order valence-corrected chi connectivity index (χ3v) is 2.99. The fourth-order valence-corrected chi connectivity index (χ4v) is 2.25. The van der Waals surface area contributed by atoms with Crippen LogP contribution in [0, 0.1) is 5.21 Å². The van der Waals surface area contributed by atoms with Gasteiger partial charge in [-0.3, -0.25) is 4.79 Å². The predicted molar refractivity (Wildman–Crippen MR) is 74.1 cm³/mol. The Balaban J connectivity index is 2.89. The van der Waals surface area contributed by atoms with Crippen molar-refractivity contribution in [3.63, 3.8) is 0 Å². The van der Waals surface area contributed by atoms with Gasteiger partial charge in [-0.15, -0.1) is 23.2 Å². The first-order valence-corrected chi connectivity index (χ1v) is 6.60. The van der Waals surface area contributed by atoms with Gasteiger partial charge in [-0.2, -0.15) is 0 Å². The first kappa shape index (κ1) is 15.2. The summed E-state index contributed by atoms with van der Waals surface area (Å²) in [6, 6.07) is 6.59. The molecule has 18 heavy (non-hydrogen) atoms. The normalized spacial score (nSPS) is 11.5. The van der Waals surface area contributed by atoms with Gasteiger partial charge in [-0.05, 0) is 17.7 Å². The number of carboxylic acid groups (broad SMARTS) is 1. The molecule has 0 heterocycles. The Hall–Kier alpha value is -0.810. The van der Waals surface area contributed by atoms with E-state index >= 15 is 0 Å². The number of aliphatic carboxylic acids is 1. The largest absolute Gasteiger partial charge is 0.627 e. The Morgan fingerprint density at radius 1 is 1.17 bits per heavy atom. The van der Waals surface area contributed by atoms with E-state index in [0.29, 0.717) is 11.3 Å². The van der Waals surface area contributed by atoms with Gasteiger partial charge in [0.2, 0.25) is 0 Å². The summed E-state index contributed by atoms with van der Waals surface area (Å²) in [6.07, 6.45) is -0.0514. The third kappa shape index (κ3) is 4.14. The Labute approximate surface area is 116 Å². The van der Waals surface area contributed by atoms with E-state index in [1.165, 1.54) is 0 Å². The lowest BCUT2D eigenvalue weighted by Crippen LogP contribution is -2.46. The minimum Gasteiger partial charge on any atom is -0.627 e. The average Bonchev–Trinajstić information content (AvgIpc) is 2.29. The van der Waals surface area contributed by atoms with E-state index in [0.717, 1.165) is 0 Å². The molecule has 0 aliphatic heterocycles. The van der Waals surface area contributed by atoms with E-state index in [1.54, 1.807) is 24.3 Å². The molecule has 100 valence electrons. The molecule has 0 saturated carbocycles. The topological polar surface area (TPSA) is 60.4 Å². The first-order chi connectivity index (χ1) is 8.51. The molecular formula is C12H15Cl2NO3. The quantitative estimate of drug-likeness (QED) is 0.477. The molecule has 6 heteroatoms. The highest BCUT2D eigenvalue weighted by molar-refractivity contribution is 6.18. The number of quaternary nitrogens is 1. The smallest absolute Gasteiger partial charge is 0.307 e. The van der Waals surface area contributed by atoms with E-state index in [9.17, 15) is 10.0 Å². The van der Waals surface area contributed by atoms with Crippen molar-refractivity contribution in [1.29, 1.82) is 0 Å². The van der Waals surface area contributed by atoms with Gasteiger partial charge in [0.05, 0.1) is 31.3 Å². The van der Waals surface area contributed by atoms with Crippen LogP contribution >= 0.6 is 23.2 Å². The van der Waals surface area contributed by atoms with Crippen LogP contribution in [0.25, 0.3) is 0 Å². The molecule has 0 fully saturated rings. The maximum absolute atomic E-state index is 12.5. The highest BCUT2D eigenvalue weighted by Crippen LogP contribution is 2.23. The first-order valence-electron chi connectivity index (χ1n) is 5.53. The number of nitrogens with zero attached hydrogens (tertiary/aromatic N) is 1. The summed E-state index contributed by atoms with van der Waals surface area (Å²) in [5.74, 6) is -0.402. The van der Waals surface area contributed by atoms with Gasteiger partial charge in [0, 0.05) is 0 Å². The number of halogens is 2. The molecule has 0 radical (unpaired) electrons. The average molecular weight is 292 g/mol. The highest BCUT2D eigenvalue weighted by atomic mass is 35.5. The predicted octanol–water partition coefficient (Wildman–Crippen LogP) is 2.60. The van der Waals surface area contributed by atoms with Crippen LogP contribution in [0.1, 0.15) is 5.56 Å². The summed E-state index contributed by atoms with van der Waals surface area (Å²) < 4.78 is -0.583. The van der Waals surface area contributed by atoms with Crippen molar-refractivity contribution in [2.45, 2.75) is 6.42 Å². The molecule has 1 aromatic rings. The van der Waals surface area contributed by atoms with Crippen LogP contribution in [0.4, 0.5) is 5.69 Å². The zero-order valence-corrected chi connectivity index (χ0v) is 11.3. The molecule has 1 N–H and O–H groups in total. The second-order valence-electron chi connectivity index (χ2n) is 3.95. The number of hydrogen-bond acceptors (Lipinski definition) is 2. The van der Waals surface area contributed by atoms with Crippen molar-refractivity contribution in [2.75, 3.05) is 24.8 Å². The van der Waals surface area contributed by atoms with E-state index in [2.05, 4.69) is 0 Å². The standard InChI is InChI=1S/C12H15Cl2NO3/c13-5-7-15(18,8-6-14)11-3-1-10(2-4-11)9-12(16)17/h1-4H,5-9H2,(H,16,17). The van der Waals surface area contributed by atoms with Crippen molar-refractivity contribution >= 4 is 34.9 Å². The molecular weight excluding hydrogens is 277 g/mol. The molecule has 0 atom stereocenters. The Kier molecular flexibility index (Phi) is 5.88. The number of benzene rings is 1. The lowest BCUT2D eigenvalue weighted by molar-refractivity contribution is -0.136. The van der Waals surface area contributed by atoms with Crippen LogP contribution in [-0.4, -0.2) is 35.9 Å². The maximum Gasteiger partial charge on any atom is 0.307 e. The molecule has 0 saturated heterocycles. The van der Waals surface area contributed by atoms with Gasteiger partial charge in [-0.25, -0.2) is 0 Å². The number of alkyl halides is 2. The van der Waals surface area contributed by atoms with Crippen molar-refractivity contribution < 1.29 is 9.90 Å². The summed E-state index contributed by atoms with van der Waals surface area (Å²) >= 11 is 11.3. The monoisotopic (exact) mass is 291 g/mol. The number of hydrogen-bond donors (Lipinski definition) is 1. The second kappa shape index (κ2) is 6.95. The number of rotatable bonds is 7. The lowest BCUT2D eigenvalue weighted by atomic mass is 10.1. The van der Waals surface area contributed by atoms with Crippen molar-refractivity contribution in [1.82, 2.24) is 4.65 Å². The number of carbonyl (C=O) groups is 1. The molecule has 0 aliphatic carbocycles. The molecule has 1 rings (SSSR count). The Bertz CT molecular complexity index is 389. The van der Waals surface area contributed by atoms with Crippen LogP contribution in [0.2, 0.25) is 0 Å². The summed E-state index contributed by atoms with van der Waals surface area (Å²) in [7, 11) is 0. The van der Waals surface area contributed by atoms with Gasteiger partial charge >= 0.3 is 5.97 Å². The molecule has 0 spiro atoms. The SMILES string of the molecule is O=C(O)Cc1ccc([N+]([O-])(CCCl)CCCl)cc1. The summed E-state index contributed by atoms with van der Waals surface area (Å²) in [4.78, 5) is 10.6. The van der Waals surface area contributed by atoms with Crippen molar-refractivity contribution in [3.8, 4) is 0 Å². The molecule has 4 nitrogen and oxygen atoms in total. The van der Waals surface area contributed by atoms with Gasteiger partial charge in [0.15, 0.2) is 0 Å². The van der Waals surface area contributed by atoms with Crippen LogP contribution < -0.4 is 4.65 Å². The van der Waals surface area contributed by atoms with E-state index in [4.69, 9.17) is 28.3 Å². The minimum atomic E-state index is -0.896. The van der Waals surface area contributed by atoms with E-state index < -0.39 is 10.6 Å². The number of hydroxylamine groups is 2. The molecule has 0 aliphatic rings. The molecule has 0 amide bonds. The zero-order valence-electron chi connectivity index (χ0n) is 9.81. The lowest BCUT2D eigenvalue weighted by Gasteiger charge is -2.41. The summed E-state index contributed by atoms with van der Waals surface area (Å²) in [5, 5.41) is 21.2. The maximum atomic E-state index is 12.5. The van der Waals surface area contributed by atoms with E-state index in [1.807, 2.05) is 0 Å². The fraction of sp³-hybridized carbons (Fsp3) is 0.417. The Morgan fingerprint density at radius 3 is 2.06 bits per heavy atom. The summed E-state index contributed by atoms with van der Waals surface area (Å²) in [5.41, 5.74) is 1.21.